The van der Waals surface area contributed by atoms with Crippen LogP contribution in [0.1, 0.15) is 6.92 Å². The van der Waals surface area contributed by atoms with Crippen LogP contribution in [0, 0.1) is 11.2 Å². The number of methoxy groups -OCH3 is 1. The topological polar surface area (TPSA) is 55.3 Å². The minimum Gasteiger partial charge on any atom is -0.468 e. The van der Waals surface area contributed by atoms with Crippen LogP contribution in [-0.2, 0) is 9.53 Å². The van der Waals surface area contributed by atoms with Crippen molar-refractivity contribution in [2.45, 2.75) is 6.92 Å². The minimum absolute atomic E-state index is 0.0203. The van der Waals surface area contributed by atoms with Crippen LogP contribution in [0.25, 0.3) is 0 Å². The molecule has 0 amide bonds. The summed E-state index contributed by atoms with van der Waals surface area (Å²) in [5.41, 5.74) is -0.612. The second-order valence-corrected chi connectivity index (χ2v) is 4.56. The van der Waals surface area contributed by atoms with E-state index in [1.165, 1.54) is 7.11 Å². The lowest BCUT2D eigenvalue weighted by Crippen LogP contribution is -2.59. The highest BCUT2D eigenvalue weighted by atomic mass is 35.5. The molecule has 0 N–H and O–H groups in total. The second-order valence-electron chi connectivity index (χ2n) is 4.22. The first-order chi connectivity index (χ1) is 7.96. The molecule has 1 aromatic rings. The van der Waals surface area contributed by atoms with E-state index < -0.39 is 11.2 Å². The molecule has 2 rings (SSSR count). The Kier molecular flexibility index (Phi) is 2.91. The molecule has 1 aliphatic rings. The molecule has 17 heavy (non-hydrogen) atoms. The SMILES string of the molecule is COC(=O)C1(C)CN(c2nc(Cl)ncc2F)C1. The van der Waals surface area contributed by atoms with E-state index >= 15 is 0 Å². The summed E-state index contributed by atoms with van der Waals surface area (Å²) in [7, 11) is 1.33. The summed E-state index contributed by atoms with van der Waals surface area (Å²) >= 11 is 5.60. The predicted molar refractivity (Wildman–Crippen MR) is 59.3 cm³/mol. The molecule has 0 radical (unpaired) electrons. The van der Waals surface area contributed by atoms with Gasteiger partial charge in [0.15, 0.2) is 11.6 Å². The number of anilines is 1. The van der Waals surface area contributed by atoms with E-state index in [0.29, 0.717) is 13.1 Å². The standard InChI is InChI=1S/C10H11ClFN3O2/c1-10(8(16)17-2)4-15(5-10)7-6(12)3-13-9(11)14-7/h3H,4-5H2,1-2H3. The number of hydrogen-bond acceptors (Lipinski definition) is 5. The second kappa shape index (κ2) is 4.10. The van der Waals surface area contributed by atoms with Gasteiger partial charge >= 0.3 is 5.97 Å². The average molecular weight is 260 g/mol. The number of carbonyl (C=O) groups is 1. The molecule has 92 valence electrons. The van der Waals surface area contributed by atoms with E-state index in [2.05, 4.69) is 14.7 Å². The monoisotopic (exact) mass is 259 g/mol. The summed E-state index contributed by atoms with van der Waals surface area (Å²) < 4.78 is 18.1. The summed E-state index contributed by atoms with van der Waals surface area (Å²) in [6, 6.07) is 0. The zero-order valence-electron chi connectivity index (χ0n) is 9.41. The van der Waals surface area contributed by atoms with Crippen LogP contribution < -0.4 is 4.90 Å². The van der Waals surface area contributed by atoms with Gasteiger partial charge in [0.05, 0.1) is 13.3 Å². The number of hydrogen-bond donors (Lipinski definition) is 0. The van der Waals surface area contributed by atoms with Crippen LogP contribution >= 0.6 is 11.6 Å². The van der Waals surface area contributed by atoms with Crippen LogP contribution in [-0.4, -0.2) is 36.1 Å². The molecule has 0 atom stereocenters. The molecule has 0 spiro atoms. The van der Waals surface area contributed by atoms with E-state index in [0.717, 1.165) is 6.20 Å². The van der Waals surface area contributed by atoms with Gasteiger partial charge in [-0.1, -0.05) is 0 Å². The van der Waals surface area contributed by atoms with Crippen molar-refractivity contribution in [1.82, 2.24) is 9.97 Å². The Labute approximate surface area is 103 Å². The van der Waals surface area contributed by atoms with E-state index in [9.17, 15) is 9.18 Å². The Hall–Kier alpha value is -1.43. The van der Waals surface area contributed by atoms with Crippen LogP contribution in [0.2, 0.25) is 5.28 Å². The zero-order chi connectivity index (χ0) is 12.6. The Balaban J connectivity index is 2.14. The Morgan fingerprint density at radius 2 is 2.29 bits per heavy atom. The third kappa shape index (κ3) is 2.04. The molecule has 7 heteroatoms. The molecule has 2 heterocycles. The lowest BCUT2D eigenvalue weighted by atomic mass is 9.82. The van der Waals surface area contributed by atoms with Crippen molar-refractivity contribution < 1.29 is 13.9 Å². The van der Waals surface area contributed by atoms with Gasteiger partial charge in [-0.2, -0.15) is 4.98 Å². The van der Waals surface area contributed by atoms with Crippen molar-refractivity contribution in [1.29, 1.82) is 0 Å². The maximum absolute atomic E-state index is 13.4. The molecular formula is C10H11ClFN3O2. The molecule has 0 aromatic carbocycles. The fraction of sp³-hybridized carbons (Fsp3) is 0.500. The average Bonchev–Trinajstić information content (AvgIpc) is 2.27. The van der Waals surface area contributed by atoms with Gasteiger partial charge in [-0.3, -0.25) is 4.79 Å². The summed E-state index contributed by atoms with van der Waals surface area (Å²) in [5, 5.41) is -0.0203. The largest absolute Gasteiger partial charge is 0.468 e. The van der Waals surface area contributed by atoms with Crippen LogP contribution in [0.4, 0.5) is 10.2 Å². The van der Waals surface area contributed by atoms with Gasteiger partial charge in [0.25, 0.3) is 0 Å². The molecule has 1 fully saturated rings. The molecule has 1 aliphatic heterocycles. The molecule has 0 aliphatic carbocycles. The lowest BCUT2D eigenvalue weighted by molar-refractivity contribution is -0.153. The molecule has 0 unspecified atom stereocenters. The van der Waals surface area contributed by atoms with Gasteiger partial charge in [-0.15, -0.1) is 0 Å². The highest BCUT2D eigenvalue weighted by molar-refractivity contribution is 6.28. The van der Waals surface area contributed by atoms with E-state index in [4.69, 9.17) is 11.6 Å². The van der Waals surface area contributed by atoms with Gasteiger partial charge in [0.1, 0.15) is 5.41 Å². The van der Waals surface area contributed by atoms with Crippen LogP contribution in [0.3, 0.4) is 0 Å². The maximum Gasteiger partial charge on any atom is 0.315 e. The Bertz CT molecular complexity index is 463. The first-order valence-electron chi connectivity index (χ1n) is 4.98. The van der Waals surface area contributed by atoms with Crippen molar-refractivity contribution in [3.63, 3.8) is 0 Å². The first-order valence-corrected chi connectivity index (χ1v) is 5.35. The number of esters is 1. The van der Waals surface area contributed by atoms with Crippen molar-refractivity contribution in [3.05, 3.63) is 17.3 Å². The van der Waals surface area contributed by atoms with Crippen molar-refractivity contribution in [3.8, 4) is 0 Å². The van der Waals surface area contributed by atoms with Gasteiger partial charge < -0.3 is 9.64 Å². The summed E-state index contributed by atoms with van der Waals surface area (Å²) in [6.45, 7) is 2.46. The van der Waals surface area contributed by atoms with Gasteiger partial charge in [0.2, 0.25) is 5.28 Å². The van der Waals surface area contributed by atoms with E-state index in [1.54, 1.807) is 11.8 Å². The minimum atomic E-state index is -0.612. The number of ether oxygens (including phenoxy) is 1. The zero-order valence-corrected chi connectivity index (χ0v) is 10.2. The third-order valence-corrected chi connectivity index (χ3v) is 2.94. The van der Waals surface area contributed by atoms with Crippen molar-refractivity contribution in [2.75, 3.05) is 25.1 Å². The number of nitrogens with zero attached hydrogens (tertiary/aromatic N) is 3. The predicted octanol–water partition coefficient (Wildman–Crippen LogP) is 1.27. The Morgan fingerprint density at radius 1 is 1.65 bits per heavy atom. The molecule has 0 bridgehead atoms. The van der Waals surface area contributed by atoms with Crippen molar-refractivity contribution >= 4 is 23.4 Å². The van der Waals surface area contributed by atoms with E-state index in [1.807, 2.05) is 0 Å². The fourth-order valence-electron chi connectivity index (χ4n) is 1.88. The Morgan fingerprint density at radius 3 is 2.88 bits per heavy atom. The van der Waals surface area contributed by atoms with Crippen LogP contribution in [0.15, 0.2) is 6.20 Å². The van der Waals surface area contributed by atoms with Crippen molar-refractivity contribution in [2.24, 2.45) is 5.41 Å². The molecule has 1 aromatic heterocycles. The smallest absolute Gasteiger partial charge is 0.315 e. The molecule has 0 saturated carbocycles. The number of rotatable bonds is 2. The fourth-order valence-corrected chi connectivity index (χ4v) is 2.01. The van der Waals surface area contributed by atoms with Gasteiger partial charge in [-0.05, 0) is 18.5 Å². The normalized spacial score (nSPS) is 17.5. The van der Waals surface area contributed by atoms with Crippen LogP contribution in [0.5, 0.6) is 0 Å². The summed E-state index contributed by atoms with van der Waals surface area (Å²) in [6.07, 6.45) is 1.01. The van der Waals surface area contributed by atoms with Gasteiger partial charge in [-0.25, -0.2) is 9.37 Å². The summed E-state index contributed by atoms with van der Waals surface area (Å²) in [4.78, 5) is 20.4. The quantitative estimate of drug-likeness (QED) is 0.591. The number of halogens is 2. The van der Waals surface area contributed by atoms with E-state index in [-0.39, 0.29) is 17.1 Å². The highest BCUT2D eigenvalue weighted by Gasteiger charge is 2.47. The third-order valence-electron chi connectivity index (χ3n) is 2.75. The number of carbonyl (C=O) groups excluding carboxylic acids is 1. The summed E-state index contributed by atoms with van der Waals surface area (Å²) in [5.74, 6) is -0.748. The lowest BCUT2D eigenvalue weighted by Gasteiger charge is -2.46. The molecule has 1 saturated heterocycles. The number of aromatic nitrogens is 2. The molecule has 5 nitrogen and oxygen atoms in total. The maximum atomic E-state index is 13.4. The highest BCUT2D eigenvalue weighted by Crippen LogP contribution is 2.35. The van der Waals surface area contributed by atoms with Gasteiger partial charge in [0, 0.05) is 13.1 Å². The molecular weight excluding hydrogens is 249 g/mol. The first kappa shape index (κ1) is 12.0.